The molecule has 1 unspecified atom stereocenters. The molecule has 184 valence electrons. The number of anilines is 3. The van der Waals surface area contributed by atoms with Crippen molar-refractivity contribution in [1.29, 1.82) is 0 Å². The van der Waals surface area contributed by atoms with Crippen molar-refractivity contribution >= 4 is 49.9 Å². The summed E-state index contributed by atoms with van der Waals surface area (Å²) in [6.07, 6.45) is 2.93. The Kier molecular flexibility index (Phi) is 6.71. The van der Waals surface area contributed by atoms with Gasteiger partial charge in [0.2, 0.25) is 16.0 Å². The molecule has 0 radical (unpaired) electrons. The van der Waals surface area contributed by atoms with E-state index in [4.69, 9.17) is 26.7 Å². The van der Waals surface area contributed by atoms with Gasteiger partial charge in [-0.05, 0) is 43.5 Å². The summed E-state index contributed by atoms with van der Waals surface area (Å²) in [5.74, 6) is 1.87. The average Bonchev–Trinajstić information content (AvgIpc) is 3.44. The maximum absolute atomic E-state index is 12.8. The SMILES string of the molecule is NS(=O)(=O)CC[C@@H]1CCCN1c1nc(N2CCN(c3ccc(Cl)cc3)CC2)nc2c1S(=O)CC2. The first kappa shape index (κ1) is 23.8. The summed E-state index contributed by atoms with van der Waals surface area (Å²) in [6.45, 7) is 3.99. The van der Waals surface area contributed by atoms with Crippen LogP contribution in [-0.4, -0.2) is 72.9 Å². The van der Waals surface area contributed by atoms with Gasteiger partial charge in [-0.15, -0.1) is 0 Å². The third kappa shape index (κ3) is 5.02. The lowest BCUT2D eigenvalue weighted by atomic mass is 10.1. The fourth-order valence-corrected chi connectivity index (χ4v) is 7.12. The number of aromatic nitrogens is 2. The Morgan fingerprint density at radius 2 is 1.76 bits per heavy atom. The van der Waals surface area contributed by atoms with Crippen LogP contribution in [0.5, 0.6) is 0 Å². The zero-order chi connectivity index (χ0) is 23.9. The Balaban J connectivity index is 1.38. The normalized spacial score (nSPS) is 22.9. The molecule has 0 saturated carbocycles. The smallest absolute Gasteiger partial charge is 0.227 e. The monoisotopic (exact) mass is 524 g/mol. The minimum atomic E-state index is -3.54. The van der Waals surface area contributed by atoms with Crippen LogP contribution in [0.4, 0.5) is 17.5 Å². The highest BCUT2D eigenvalue weighted by Gasteiger charge is 2.35. The van der Waals surface area contributed by atoms with Gasteiger partial charge in [0.15, 0.2) is 5.82 Å². The molecule has 2 fully saturated rings. The number of benzene rings is 1. The van der Waals surface area contributed by atoms with Gasteiger partial charge < -0.3 is 14.7 Å². The van der Waals surface area contributed by atoms with E-state index < -0.39 is 20.8 Å². The predicted molar refractivity (Wildman–Crippen MR) is 136 cm³/mol. The standard InChI is InChI=1S/C22H29ClN6O3S2/c23-16-3-5-17(6-4-16)27-10-12-28(13-11-27)22-25-19-7-14-33(30)20(19)21(26-22)29-9-1-2-18(29)8-15-34(24,31)32/h3-6,18H,1-2,7-15H2,(H2,24,31,32)/t18-,33?/m0/s1. The zero-order valence-corrected chi connectivity index (χ0v) is 21.3. The quantitative estimate of drug-likeness (QED) is 0.608. The molecule has 1 aromatic heterocycles. The van der Waals surface area contributed by atoms with Crippen LogP contribution in [0.3, 0.4) is 0 Å². The number of aryl methyl sites for hydroxylation is 1. The molecule has 3 aliphatic heterocycles. The van der Waals surface area contributed by atoms with Gasteiger partial charge in [-0.1, -0.05) is 11.6 Å². The molecule has 0 spiro atoms. The van der Waals surface area contributed by atoms with Crippen LogP contribution < -0.4 is 19.8 Å². The second-order valence-corrected chi connectivity index (χ2v) is 12.7. The fraction of sp³-hybridized carbons (Fsp3) is 0.545. The number of sulfonamides is 1. The molecule has 12 heteroatoms. The van der Waals surface area contributed by atoms with E-state index in [9.17, 15) is 12.6 Å². The number of piperazine rings is 1. The van der Waals surface area contributed by atoms with Crippen molar-refractivity contribution < 1.29 is 12.6 Å². The number of halogens is 1. The van der Waals surface area contributed by atoms with E-state index in [1.807, 2.05) is 24.3 Å². The number of hydrogen-bond acceptors (Lipinski definition) is 8. The molecule has 0 aliphatic carbocycles. The second-order valence-electron chi connectivity index (χ2n) is 9.02. The molecule has 3 aliphatic rings. The summed E-state index contributed by atoms with van der Waals surface area (Å²) >= 11 is 6.03. The lowest BCUT2D eigenvalue weighted by Gasteiger charge is -2.37. The summed E-state index contributed by atoms with van der Waals surface area (Å²) in [5.41, 5.74) is 2.00. The summed E-state index contributed by atoms with van der Waals surface area (Å²) in [6, 6.07) is 7.90. The summed E-state index contributed by atoms with van der Waals surface area (Å²) < 4.78 is 35.9. The maximum atomic E-state index is 12.8. The number of nitrogens with zero attached hydrogens (tertiary/aromatic N) is 5. The summed E-state index contributed by atoms with van der Waals surface area (Å²) in [5, 5.41) is 5.98. The van der Waals surface area contributed by atoms with E-state index in [-0.39, 0.29) is 11.8 Å². The van der Waals surface area contributed by atoms with Crippen LogP contribution in [-0.2, 0) is 27.2 Å². The van der Waals surface area contributed by atoms with E-state index in [1.54, 1.807) is 0 Å². The lowest BCUT2D eigenvalue weighted by molar-refractivity contribution is 0.580. The summed E-state index contributed by atoms with van der Waals surface area (Å²) in [7, 11) is -4.67. The maximum Gasteiger partial charge on any atom is 0.227 e. The van der Waals surface area contributed by atoms with Gasteiger partial charge in [0.25, 0.3) is 0 Å². The van der Waals surface area contributed by atoms with Gasteiger partial charge in [0.05, 0.1) is 22.2 Å². The van der Waals surface area contributed by atoms with Gasteiger partial charge in [0.1, 0.15) is 4.90 Å². The molecule has 5 rings (SSSR count). The fourth-order valence-electron chi connectivity index (χ4n) is 5.03. The average molecular weight is 525 g/mol. The van der Waals surface area contributed by atoms with Crippen LogP contribution in [0, 0.1) is 0 Å². The molecule has 2 aromatic rings. The first-order valence-corrected chi connectivity index (χ1v) is 15.0. The number of hydrogen-bond donors (Lipinski definition) is 1. The molecule has 2 saturated heterocycles. The van der Waals surface area contributed by atoms with E-state index in [0.29, 0.717) is 30.4 Å². The van der Waals surface area contributed by atoms with Crippen molar-refractivity contribution in [3.63, 3.8) is 0 Å². The van der Waals surface area contributed by atoms with Crippen molar-refractivity contribution in [2.24, 2.45) is 5.14 Å². The molecule has 4 heterocycles. The summed E-state index contributed by atoms with van der Waals surface area (Å²) in [4.78, 5) is 17.1. The van der Waals surface area contributed by atoms with Gasteiger partial charge in [0, 0.05) is 61.6 Å². The topological polar surface area (TPSA) is 113 Å². The Morgan fingerprint density at radius 3 is 2.47 bits per heavy atom. The van der Waals surface area contributed by atoms with Crippen molar-refractivity contribution in [3.05, 3.63) is 35.0 Å². The Labute approximate surface area is 207 Å². The number of primary sulfonamides is 1. The number of rotatable bonds is 6. The highest BCUT2D eigenvalue weighted by atomic mass is 35.5. The van der Waals surface area contributed by atoms with Gasteiger partial charge in [-0.25, -0.2) is 18.5 Å². The zero-order valence-electron chi connectivity index (χ0n) is 18.9. The molecular weight excluding hydrogens is 496 g/mol. The van der Waals surface area contributed by atoms with E-state index in [2.05, 4.69) is 14.7 Å². The van der Waals surface area contributed by atoms with Crippen LogP contribution >= 0.6 is 11.6 Å². The molecule has 1 aromatic carbocycles. The Morgan fingerprint density at radius 1 is 1.06 bits per heavy atom. The minimum Gasteiger partial charge on any atom is -0.368 e. The Bertz CT molecular complexity index is 1190. The van der Waals surface area contributed by atoms with Gasteiger partial charge in [-0.2, -0.15) is 4.98 Å². The molecule has 0 bridgehead atoms. The minimum absolute atomic E-state index is 0.0181. The highest BCUT2D eigenvalue weighted by molar-refractivity contribution is 7.89. The third-order valence-corrected chi connectivity index (χ3v) is 9.30. The number of fused-ring (bicyclic) bond motifs is 1. The Hall–Kier alpha value is -1.95. The molecular formula is C22H29ClN6O3S2. The lowest BCUT2D eigenvalue weighted by Crippen LogP contribution is -2.47. The third-order valence-electron chi connectivity index (χ3n) is 6.80. The molecule has 2 N–H and O–H groups in total. The molecule has 9 nitrogen and oxygen atoms in total. The molecule has 0 amide bonds. The van der Waals surface area contributed by atoms with Crippen molar-refractivity contribution in [1.82, 2.24) is 9.97 Å². The predicted octanol–water partition coefficient (Wildman–Crippen LogP) is 1.77. The molecule has 34 heavy (non-hydrogen) atoms. The van der Waals surface area contributed by atoms with Crippen LogP contribution in [0.15, 0.2) is 29.2 Å². The highest BCUT2D eigenvalue weighted by Crippen LogP contribution is 2.36. The first-order chi connectivity index (χ1) is 16.3. The van der Waals surface area contributed by atoms with E-state index >= 15 is 0 Å². The van der Waals surface area contributed by atoms with Gasteiger partial charge >= 0.3 is 0 Å². The molecule has 2 atom stereocenters. The van der Waals surface area contributed by atoms with E-state index in [1.165, 1.54) is 0 Å². The largest absolute Gasteiger partial charge is 0.368 e. The number of nitrogens with two attached hydrogens (primary N) is 1. The first-order valence-electron chi connectivity index (χ1n) is 11.6. The van der Waals surface area contributed by atoms with Gasteiger partial charge in [-0.3, -0.25) is 4.21 Å². The van der Waals surface area contributed by atoms with Crippen molar-refractivity contribution in [2.45, 2.75) is 36.6 Å². The van der Waals surface area contributed by atoms with E-state index in [0.717, 1.165) is 66.9 Å². The van der Waals surface area contributed by atoms with Crippen molar-refractivity contribution in [2.75, 3.05) is 58.9 Å². The van der Waals surface area contributed by atoms with Crippen LogP contribution in [0.1, 0.15) is 25.0 Å². The van der Waals surface area contributed by atoms with Crippen LogP contribution in [0.2, 0.25) is 5.02 Å². The second kappa shape index (κ2) is 9.60. The van der Waals surface area contributed by atoms with Crippen molar-refractivity contribution in [3.8, 4) is 0 Å². The van der Waals surface area contributed by atoms with Crippen LogP contribution in [0.25, 0.3) is 0 Å².